The predicted octanol–water partition coefficient (Wildman–Crippen LogP) is 24.8. The van der Waals surface area contributed by atoms with Crippen LogP contribution in [0.1, 0.15) is 439 Å². The molecule has 0 spiro atoms. The van der Waals surface area contributed by atoms with Crippen molar-refractivity contribution < 1.29 is 62.7 Å². The Morgan fingerprint density at radius 1 is 0.202 bits per heavy atom. The second-order valence-corrected chi connectivity index (χ2v) is 29.4. The molecule has 0 aromatic rings. The normalized spacial score (nSPS) is 11.8. The molecular weight excluding hydrogens is 1090 g/mol. The number of carbonyl (C=O) groups excluding carboxylic acids is 4. The van der Waals surface area contributed by atoms with Crippen molar-refractivity contribution in [1.29, 1.82) is 0 Å². The first-order chi connectivity index (χ1) is 41.1. The van der Waals surface area contributed by atoms with Crippen LogP contribution in [0.3, 0.4) is 0 Å². The fourth-order valence-electron chi connectivity index (χ4n) is 11.5. The van der Waals surface area contributed by atoms with Gasteiger partial charge in [0.25, 0.3) is 0 Å². The summed E-state index contributed by atoms with van der Waals surface area (Å²) in [5.41, 5.74) is 0. The summed E-state index contributed by atoms with van der Waals surface area (Å²) in [6, 6.07) is 0. The van der Waals surface area contributed by atoms with Crippen molar-refractivity contribution in [1.82, 2.24) is 0 Å². The van der Waals surface area contributed by atoms with Gasteiger partial charge in [-0.1, -0.05) is 195 Å². The maximum absolute atomic E-state index is 15.2. The monoisotopic (exact) mass is 1230 g/mol. The van der Waals surface area contributed by atoms with E-state index in [-0.39, 0.29) is 25.7 Å². The van der Waals surface area contributed by atoms with Crippen LogP contribution in [-0.4, -0.2) is 23.9 Å². The van der Waals surface area contributed by atoms with Crippen molar-refractivity contribution in [3.05, 3.63) is 0 Å². The number of hydrogen-bond donors (Lipinski definition) is 0. The van der Waals surface area contributed by atoms with Crippen molar-refractivity contribution in [2.45, 2.75) is 439 Å². The zero-order valence-corrected chi connectivity index (χ0v) is 57.8. The molecule has 0 aromatic heterocycles. The van der Waals surface area contributed by atoms with Gasteiger partial charge in [-0.3, -0.25) is 0 Å². The Hall–Kier alpha value is -1.69. The molecule has 0 heterocycles. The second kappa shape index (κ2) is 64.3. The van der Waals surface area contributed by atoms with Gasteiger partial charge in [0, 0.05) is 0 Å². The van der Waals surface area contributed by atoms with Gasteiger partial charge in [0.2, 0.25) is 0 Å². The van der Waals surface area contributed by atoms with Crippen LogP contribution in [0.25, 0.3) is 0 Å². The van der Waals surface area contributed by atoms with Gasteiger partial charge < -0.3 is 0 Å². The van der Waals surface area contributed by atoms with Crippen LogP contribution < -0.4 is 0 Å². The number of hydrogen-bond acceptors (Lipinski definition) is 11. The van der Waals surface area contributed by atoms with E-state index in [2.05, 4.69) is 27.7 Å². The first-order valence-corrected chi connectivity index (χ1v) is 40.4. The molecular formula is C72H140O11Ti. The van der Waals surface area contributed by atoms with Crippen LogP contribution in [0.5, 0.6) is 0 Å². The Morgan fingerprint density at radius 3 is 0.488 bits per heavy atom. The Morgan fingerprint density at radius 2 is 0.333 bits per heavy atom. The van der Waals surface area contributed by atoms with Crippen molar-refractivity contribution in [3.63, 3.8) is 0 Å². The fourth-order valence-corrected chi connectivity index (χ4v) is 14.0. The molecule has 12 heteroatoms. The first kappa shape index (κ1) is 82.3. The van der Waals surface area contributed by atoms with Crippen molar-refractivity contribution in [2.24, 2.45) is 0 Å². The third kappa shape index (κ3) is 59.3. The zero-order valence-electron chi connectivity index (χ0n) is 56.2. The van der Waals surface area contributed by atoms with Gasteiger partial charge in [-0.2, -0.15) is 0 Å². The van der Waals surface area contributed by atoms with Gasteiger partial charge in [0.15, 0.2) is 0 Å². The van der Waals surface area contributed by atoms with E-state index in [1.54, 1.807) is 0 Å². The molecule has 0 bridgehead atoms. The molecule has 0 amide bonds. The number of carbonyl (C=O) groups is 4. The van der Waals surface area contributed by atoms with Gasteiger partial charge in [-0.05, 0) is 0 Å². The second-order valence-electron chi connectivity index (χ2n) is 25.7. The topological polar surface area (TPSA) is 141 Å². The summed E-state index contributed by atoms with van der Waals surface area (Å²) in [7, 11) is 0. The van der Waals surface area contributed by atoms with Gasteiger partial charge in [0.1, 0.15) is 0 Å². The average molecular weight is 1230 g/mol. The predicted molar refractivity (Wildman–Crippen MR) is 345 cm³/mol. The summed E-state index contributed by atoms with van der Waals surface area (Å²) in [5.74, 6) is -3.82. The molecule has 0 unspecified atom stereocenters. The summed E-state index contributed by atoms with van der Waals surface area (Å²) >= 11 is -7.74. The molecule has 11 nitrogen and oxygen atoms in total. The molecule has 0 radical (unpaired) electrons. The van der Waals surface area contributed by atoms with Crippen LogP contribution in [-0.2, 0) is 62.7 Å². The SMILES string of the molecule is CCCCCCCCCCCCCCCCCC(=O)O[O][Ti](=[O])([O]OC(=O)CCCCCCCCCCCCCCCCC)([O]C(=O)CCCCCCCCCCCCCCCCC)[O]C(=O)CCCCCCCCCCCCCCCCC. The van der Waals surface area contributed by atoms with E-state index in [0.29, 0.717) is 25.7 Å². The third-order valence-corrected chi connectivity index (χ3v) is 19.9. The summed E-state index contributed by atoms with van der Waals surface area (Å²) < 4.78 is 36.6. The molecule has 0 atom stereocenters. The minimum absolute atomic E-state index is 0.0697. The molecule has 498 valence electrons. The maximum atomic E-state index is 15.2. The van der Waals surface area contributed by atoms with E-state index in [0.717, 1.165) is 103 Å². The number of unbranched alkanes of at least 4 members (excludes halogenated alkanes) is 56. The molecule has 84 heavy (non-hydrogen) atoms. The van der Waals surface area contributed by atoms with Crippen LogP contribution in [0.15, 0.2) is 0 Å². The Labute approximate surface area is 522 Å². The minimum atomic E-state index is -7.74. The smallest absolute Gasteiger partial charge is 0.0654 e. The molecule has 0 saturated carbocycles. The molecule has 0 saturated heterocycles. The average Bonchev–Trinajstić information content (AvgIpc) is 3.37. The standard InChI is InChI=1S/2C18H36O3.2C18H36O2.O.Ti/c2*1-2-3-4-5-6-7-8-9-10-11-12-13-14-15-16-17-18(19)21-20;2*1-2-3-4-5-6-7-8-9-10-11-12-13-14-15-16-17-18(19)20;;/h2*20H,2-17H2,1H3;2*2-17H2,1H3,(H,19,20);;/q;;;;;+4/p-4. The van der Waals surface area contributed by atoms with Crippen molar-refractivity contribution in [3.8, 4) is 0 Å². The molecule has 0 aliphatic carbocycles. The van der Waals surface area contributed by atoms with Crippen LogP contribution in [0.2, 0.25) is 0 Å². The van der Waals surface area contributed by atoms with E-state index in [9.17, 15) is 19.2 Å². The van der Waals surface area contributed by atoms with Gasteiger partial charge in [-0.15, -0.1) is 0 Å². The van der Waals surface area contributed by atoms with E-state index in [4.69, 9.17) is 23.4 Å². The van der Waals surface area contributed by atoms with Crippen LogP contribution >= 0.6 is 0 Å². The Kier molecular flexibility index (Phi) is 63.0. The van der Waals surface area contributed by atoms with Gasteiger partial charge in [-0.25, -0.2) is 0 Å². The molecule has 0 aliphatic heterocycles. The summed E-state index contributed by atoms with van der Waals surface area (Å²) in [6.45, 7) is 9.02. The Bertz CT molecular complexity index is 1400. The summed E-state index contributed by atoms with van der Waals surface area (Å²) in [6.07, 6.45) is 69.2. The molecule has 0 rings (SSSR count). The molecule has 0 fully saturated rings. The molecule has 0 aliphatic rings. The zero-order chi connectivity index (χ0) is 61.3. The fraction of sp³-hybridized carbons (Fsp3) is 0.944. The van der Waals surface area contributed by atoms with E-state index in [1.165, 1.54) is 257 Å². The molecule has 0 aromatic carbocycles. The number of rotatable bonds is 70. The first-order valence-electron chi connectivity index (χ1n) is 37.2. The van der Waals surface area contributed by atoms with E-state index >= 15 is 3.32 Å². The summed E-state index contributed by atoms with van der Waals surface area (Å²) in [4.78, 5) is 63.8. The van der Waals surface area contributed by atoms with Gasteiger partial charge >= 0.3 is 331 Å². The van der Waals surface area contributed by atoms with Crippen LogP contribution in [0, 0.1) is 0 Å². The van der Waals surface area contributed by atoms with Gasteiger partial charge in [0.05, 0.1) is 0 Å². The third-order valence-electron chi connectivity index (χ3n) is 17.0. The quantitative estimate of drug-likeness (QED) is 0.0249. The Balaban J connectivity index is 5.55. The van der Waals surface area contributed by atoms with Crippen molar-refractivity contribution in [2.75, 3.05) is 0 Å². The van der Waals surface area contributed by atoms with E-state index in [1.807, 2.05) is 0 Å². The molecule has 0 N–H and O–H groups in total. The van der Waals surface area contributed by atoms with Crippen LogP contribution in [0.4, 0.5) is 0 Å². The van der Waals surface area contributed by atoms with E-state index < -0.39 is 40.7 Å². The minimum Gasteiger partial charge on any atom is -0.0654 e. The van der Waals surface area contributed by atoms with Crippen molar-refractivity contribution >= 4 is 23.9 Å². The summed E-state index contributed by atoms with van der Waals surface area (Å²) in [5, 5.41) is 0.